The normalized spacial score (nSPS) is 10.7. The summed E-state index contributed by atoms with van der Waals surface area (Å²) in [5.74, 6) is -1.26. The third-order valence-corrected chi connectivity index (χ3v) is 4.36. The summed E-state index contributed by atoms with van der Waals surface area (Å²) < 4.78 is 5.21. The zero-order valence-corrected chi connectivity index (χ0v) is 16.9. The van der Waals surface area contributed by atoms with E-state index < -0.39 is 16.8 Å². The first-order chi connectivity index (χ1) is 15.4. The summed E-state index contributed by atoms with van der Waals surface area (Å²) >= 11 is 0. The molecule has 158 valence electrons. The zero-order chi connectivity index (χ0) is 23.1. The number of nitriles is 1. The molecule has 0 bridgehead atoms. The summed E-state index contributed by atoms with van der Waals surface area (Å²) in [5, 5.41) is 23.1. The van der Waals surface area contributed by atoms with Gasteiger partial charge in [0.25, 0.3) is 11.6 Å². The van der Waals surface area contributed by atoms with Crippen molar-refractivity contribution in [2.45, 2.75) is 6.92 Å². The van der Waals surface area contributed by atoms with E-state index in [1.807, 2.05) is 19.1 Å². The van der Waals surface area contributed by atoms with Crippen molar-refractivity contribution in [3.8, 4) is 11.8 Å². The number of para-hydroxylation sites is 1. The molecule has 0 fully saturated rings. The van der Waals surface area contributed by atoms with Crippen molar-refractivity contribution < 1.29 is 19.2 Å². The number of anilines is 1. The van der Waals surface area contributed by atoms with Gasteiger partial charge in [-0.2, -0.15) is 5.26 Å². The van der Waals surface area contributed by atoms with Crippen LogP contribution in [0.3, 0.4) is 0 Å². The molecule has 0 aliphatic heterocycles. The number of ether oxygens (including phenoxy) is 1. The van der Waals surface area contributed by atoms with Crippen LogP contribution in [0.1, 0.15) is 21.5 Å². The first kappa shape index (κ1) is 21.9. The van der Waals surface area contributed by atoms with Gasteiger partial charge in [0.05, 0.1) is 4.92 Å². The number of hydrogen-bond donors (Lipinski definition) is 1. The van der Waals surface area contributed by atoms with Gasteiger partial charge in [0, 0.05) is 11.8 Å². The number of aryl methyl sites for hydroxylation is 1. The molecule has 0 aliphatic rings. The van der Waals surface area contributed by atoms with Crippen LogP contribution in [0, 0.1) is 28.4 Å². The molecule has 0 unspecified atom stereocenters. The molecular weight excluding hydrogens is 410 g/mol. The third kappa shape index (κ3) is 5.43. The first-order valence-corrected chi connectivity index (χ1v) is 9.43. The van der Waals surface area contributed by atoms with E-state index in [-0.39, 0.29) is 22.6 Å². The smallest absolute Gasteiger partial charge is 0.350 e. The average molecular weight is 427 g/mol. The Kier molecular flexibility index (Phi) is 6.73. The van der Waals surface area contributed by atoms with E-state index in [1.54, 1.807) is 30.3 Å². The standard InChI is InChI=1S/C24H17N3O5/c1-16-5-4-6-19(13-16)26-23(28)18(15-25)14-17-9-11-20(12-10-17)32-24(29)21-7-2-3-8-22(21)27(30)31/h2-14H,1H3,(H,26,28)/b18-14+. The molecule has 3 aromatic rings. The largest absolute Gasteiger partial charge is 0.423 e. The summed E-state index contributed by atoms with van der Waals surface area (Å²) in [6, 6.07) is 20.6. The van der Waals surface area contributed by atoms with E-state index in [1.165, 1.54) is 42.5 Å². The van der Waals surface area contributed by atoms with Crippen molar-refractivity contribution in [1.29, 1.82) is 5.26 Å². The minimum atomic E-state index is -0.865. The van der Waals surface area contributed by atoms with Crippen LogP contribution < -0.4 is 10.1 Å². The zero-order valence-electron chi connectivity index (χ0n) is 16.9. The summed E-state index contributed by atoms with van der Waals surface area (Å²) in [6.45, 7) is 1.89. The maximum absolute atomic E-state index is 12.4. The highest BCUT2D eigenvalue weighted by atomic mass is 16.6. The van der Waals surface area contributed by atoms with E-state index in [4.69, 9.17) is 4.74 Å². The highest BCUT2D eigenvalue weighted by Crippen LogP contribution is 2.21. The van der Waals surface area contributed by atoms with Gasteiger partial charge < -0.3 is 10.1 Å². The molecule has 0 radical (unpaired) electrons. The molecule has 8 nitrogen and oxygen atoms in total. The highest BCUT2D eigenvalue weighted by Gasteiger charge is 2.21. The average Bonchev–Trinajstić information content (AvgIpc) is 2.78. The van der Waals surface area contributed by atoms with Crippen molar-refractivity contribution in [1.82, 2.24) is 0 Å². The Morgan fingerprint density at radius 2 is 1.78 bits per heavy atom. The van der Waals surface area contributed by atoms with Crippen LogP contribution in [-0.4, -0.2) is 16.8 Å². The molecule has 1 amide bonds. The van der Waals surface area contributed by atoms with E-state index >= 15 is 0 Å². The Hall–Kier alpha value is -4.77. The monoisotopic (exact) mass is 427 g/mol. The van der Waals surface area contributed by atoms with Crippen molar-refractivity contribution >= 4 is 29.3 Å². The van der Waals surface area contributed by atoms with Crippen LogP contribution in [0.4, 0.5) is 11.4 Å². The fourth-order valence-corrected chi connectivity index (χ4v) is 2.84. The number of nitrogens with one attached hydrogen (secondary N) is 1. The Morgan fingerprint density at radius 3 is 2.44 bits per heavy atom. The predicted octanol–water partition coefficient (Wildman–Crippen LogP) is 4.67. The molecule has 0 aromatic heterocycles. The number of nitro groups is 1. The number of carbonyl (C=O) groups is 2. The van der Waals surface area contributed by atoms with Gasteiger partial charge in [0.15, 0.2) is 0 Å². The fourth-order valence-electron chi connectivity index (χ4n) is 2.84. The fraction of sp³-hybridized carbons (Fsp3) is 0.0417. The number of esters is 1. The maximum atomic E-state index is 12.4. The Morgan fingerprint density at radius 1 is 1.06 bits per heavy atom. The van der Waals surface area contributed by atoms with Crippen LogP contribution in [0.15, 0.2) is 78.4 Å². The van der Waals surface area contributed by atoms with Gasteiger partial charge in [0.1, 0.15) is 23.0 Å². The number of nitrogens with zero attached hydrogens (tertiary/aromatic N) is 2. The molecule has 32 heavy (non-hydrogen) atoms. The summed E-state index contributed by atoms with van der Waals surface area (Å²) in [5.41, 5.74) is 1.46. The molecule has 0 spiro atoms. The second-order valence-corrected chi connectivity index (χ2v) is 6.73. The lowest BCUT2D eigenvalue weighted by atomic mass is 10.1. The van der Waals surface area contributed by atoms with Crippen molar-refractivity contribution in [2.75, 3.05) is 5.32 Å². The van der Waals surface area contributed by atoms with Crippen molar-refractivity contribution in [2.24, 2.45) is 0 Å². The lowest BCUT2D eigenvalue weighted by Gasteiger charge is -2.06. The second kappa shape index (κ2) is 9.82. The SMILES string of the molecule is Cc1cccc(NC(=O)/C(C#N)=C/c2ccc(OC(=O)c3ccccc3[N+](=O)[O-])cc2)c1. The lowest BCUT2D eigenvalue weighted by molar-refractivity contribution is -0.385. The molecule has 3 rings (SSSR count). The van der Waals surface area contributed by atoms with Crippen LogP contribution in [-0.2, 0) is 4.79 Å². The summed E-state index contributed by atoms with van der Waals surface area (Å²) in [7, 11) is 0. The molecule has 0 atom stereocenters. The second-order valence-electron chi connectivity index (χ2n) is 6.73. The van der Waals surface area contributed by atoms with Crippen LogP contribution in [0.25, 0.3) is 6.08 Å². The molecule has 0 heterocycles. The number of rotatable bonds is 6. The van der Waals surface area contributed by atoms with Crippen LogP contribution in [0.2, 0.25) is 0 Å². The van der Waals surface area contributed by atoms with E-state index in [0.717, 1.165) is 5.56 Å². The minimum Gasteiger partial charge on any atom is -0.423 e. The van der Waals surface area contributed by atoms with Crippen molar-refractivity contribution in [3.05, 3.63) is 105 Å². The minimum absolute atomic E-state index is 0.101. The molecule has 0 saturated carbocycles. The Bertz CT molecular complexity index is 1260. The molecular formula is C24H17N3O5. The third-order valence-electron chi connectivity index (χ3n) is 4.36. The van der Waals surface area contributed by atoms with Gasteiger partial charge in [-0.25, -0.2) is 4.79 Å². The molecule has 0 saturated heterocycles. The lowest BCUT2D eigenvalue weighted by Crippen LogP contribution is -2.13. The van der Waals surface area contributed by atoms with Gasteiger partial charge in [-0.15, -0.1) is 0 Å². The van der Waals surface area contributed by atoms with Crippen LogP contribution in [0.5, 0.6) is 5.75 Å². The van der Waals surface area contributed by atoms with E-state index in [0.29, 0.717) is 11.3 Å². The quantitative estimate of drug-likeness (QED) is 0.152. The first-order valence-electron chi connectivity index (χ1n) is 9.43. The van der Waals surface area contributed by atoms with Gasteiger partial charge in [-0.05, 0) is 54.5 Å². The van der Waals surface area contributed by atoms with E-state index in [9.17, 15) is 25.0 Å². The van der Waals surface area contributed by atoms with Gasteiger partial charge in [-0.3, -0.25) is 14.9 Å². The van der Waals surface area contributed by atoms with Gasteiger partial charge >= 0.3 is 5.97 Å². The number of nitro benzene ring substituents is 1. The molecule has 3 aromatic carbocycles. The maximum Gasteiger partial charge on any atom is 0.350 e. The summed E-state index contributed by atoms with van der Waals surface area (Å²) in [6.07, 6.45) is 1.40. The van der Waals surface area contributed by atoms with E-state index in [2.05, 4.69) is 5.32 Å². The predicted molar refractivity (Wildman–Crippen MR) is 118 cm³/mol. The topological polar surface area (TPSA) is 122 Å². The number of hydrogen-bond acceptors (Lipinski definition) is 6. The number of benzene rings is 3. The van der Waals surface area contributed by atoms with Gasteiger partial charge in [-0.1, -0.05) is 36.4 Å². The Balaban J connectivity index is 1.72. The Labute approximate surface area is 183 Å². The van der Waals surface area contributed by atoms with Crippen LogP contribution >= 0.6 is 0 Å². The highest BCUT2D eigenvalue weighted by molar-refractivity contribution is 6.09. The number of carbonyl (C=O) groups excluding carboxylic acids is 2. The van der Waals surface area contributed by atoms with Crippen molar-refractivity contribution in [3.63, 3.8) is 0 Å². The summed E-state index contributed by atoms with van der Waals surface area (Å²) in [4.78, 5) is 35.1. The molecule has 1 N–H and O–H groups in total. The molecule has 8 heteroatoms. The molecule has 0 aliphatic carbocycles. The number of amides is 1. The van der Waals surface area contributed by atoms with Gasteiger partial charge in [0.2, 0.25) is 0 Å².